The Morgan fingerprint density at radius 3 is 3.00 bits per heavy atom. The Labute approximate surface area is 119 Å². The predicted octanol–water partition coefficient (Wildman–Crippen LogP) is 2.37. The molecule has 0 bridgehead atoms. The maximum Gasteiger partial charge on any atom is 0.291 e. The van der Waals surface area contributed by atoms with Gasteiger partial charge in [-0.1, -0.05) is 11.3 Å². The number of anilines is 1. The van der Waals surface area contributed by atoms with Gasteiger partial charge < -0.3 is 5.32 Å². The molecule has 0 fully saturated rings. The quantitative estimate of drug-likeness (QED) is 0.802. The highest BCUT2D eigenvalue weighted by Gasteiger charge is 2.16. The number of imidazole rings is 1. The zero-order valence-electron chi connectivity index (χ0n) is 9.79. The molecule has 0 aliphatic heterocycles. The lowest BCUT2D eigenvalue weighted by molar-refractivity contribution is -0.115. The molecule has 10 heteroatoms. The second-order valence-electron chi connectivity index (χ2n) is 3.80. The summed E-state index contributed by atoms with van der Waals surface area (Å²) in [7, 11) is 0. The number of hydrogen-bond acceptors (Lipinski definition) is 6. The van der Waals surface area contributed by atoms with Gasteiger partial charge in [0, 0.05) is 17.8 Å². The summed E-state index contributed by atoms with van der Waals surface area (Å²) in [5, 5.41) is 10.7. The predicted molar refractivity (Wildman–Crippen MR) is 70.3 cm³/mol. The Hall–Kier alpha value is -1.94. The van der Waals surface area contributed by atoms with Crippen LogP contribution in [0.15, 0.2) is 17.8 Å². The van der Waals surface area contributed by atoms with E-state index in [1.165, 1.54) is 11.3 Å². The van der Waals surface area contributed by atoms with Gasteiger partial charge >= 0.3 is 0 Å². The molecule has 0 saturated heterocycles. The van der Waals surface area contributed by atoms with Crippen LogP contribution < -0.4 is 5.32 Å². The summed E-state index contributed by atoms with van der Waals surface area (Å²) in [4.78, 5) is 16.8. The molecule has 0 aliphatic carbocycles. The molecule has 1 amide bonds. The first-order valence-corrected chi connectivity index (χ1v) is 7.14. The molecule has 0 aliphatic rings. The minimum Gasteiger partial charge on any atom is -0.300 e. The van der Waals surface area contributed by atoms with Gasteiger partial charge in [0.15, 0.2) is 9.97 Å². The second kappa shape index (κ2) is 5.21. The lowest BCUT2D eigenvalue weighted by Gasteiger charge is -1.97. The van der Waals surface area contributed by atoms with E-state index < -0.39 is 11.4 Å². The number of nitrogens with one attached hydrogen (secondary N) is 1. The molecule has 6 nitrogen and oxygen atoms in total. The Morgan fingerprint density at radius 1 is 1.45 bits per heavy atom. The summed E-state index contributed by atoms with van der Waals surface area (Å²) < 4.78 is 26.5. The number of alkyl halides is 2. The number of aromatic nitrogens is 4. The Kier molecular flexibility index (Phi) is 3.40. The lowest BCUT2D eigenvalue weighted by atomic mass is 10.3. The number of amides is 1. The molecule has 3 aromatic rings. The number of halogens is 2. The zero-order chi connectivity index (χ0) is 14.1. The second-order valence-corrected chi connectivity index (χ2v) is 5.68. The van der Waals surface area contributed by atoms with Gasteiger partial charge in [-0.25, -0.2) is 13.8 Å². The highest BCUT2D eigenvalue weighted by atomic mass is 32.1. The summed E-state index contributed by atoms with van der Waals surface area (Å²) in [5.41, 5.74) is 0.605. The molecule has 0 atom stereocenters. The molecule has 3 aromatic heterocycles. The van der Waals surface area contributed by atoms with E-state index >= 15 is 0 Å². The highest BCUT2D eigenvalue weighted by Crippen LogP contribution is 2.25. The van der Waals surface area contributed by atoms with Crippen LogP contribution in [0.2, 0.25) is 0 Å². The fraction of sp³-hybridized carbons (Fsp3) is 0.200. The van der Waals surface area contributed by atoms with Gasteiger partial charge in [-0.05, 0) is 0 Å². The van der Waals surface area contributed by atoms with Crippen molar-refractivity contribution >= 4 is 38.7 Å². The third-order valence-corrected chi connectivity index (χ3v) is 3.98. The average Bonchev–Trinajstić information content (AvgIpc) is 3.03. The Bertz CT molecular complexity index is 721. The molecule has 0 spiro atoms. The van der Waals surface area contributed by atoms with Gasteiger partial charge in [-0.2, -0.15) is 0 Å². The summed E-state index contributed by atoms with van der Waals surface area (Å²) in [6.45, 7) is 0. The zero-order valence-corrected chi connectivity index (χ0v) is 11.4. The first-order chi connectivity index (χ1) is 9.61. The van der Waals surface area contributed by atoms with Crippen molar-refractivity contribution in [2.24, 2.45) is 0 Å². The third-order valence-electron chi connectivity index (χ3n) is 2.36. The van der Waals surface area contributed by atoms with Crippen LogP contribution in [0.5, 0.6) is 0 Å². The van der Waals surface area contributed by atoms with E-state index in [4.69, 9.17) is 0 Å². The molecular weight excluding hydrogens is 308 g/mol. The van der Waals surface area contributed by atoms with E-state index in [0.717, 1.165) is 4.96 Å². The van der Waals surface area contributed by atoms with E-state index in [0.29, 0.717) is 17.0 Å². The SMILES string of the molecule is O=C(Cc1cn2ccsc2n1)Nc1nnc(C(F)F)s1. The molecule has 0 radical (unpaired) electrons. The van der Waals surface area contributed by atoms with Gasteiger partial charge in [0.1, 0.15) is 0 Å². The maximum absolute atomic E-state index is 12.3. The fourth-order valence-corrected chi connectivity index (χ4v) is 2.90. The van der Waals surface area contributed by atoms with Crippen molar-refractivity contribution in [3.63, 3.8) is 0 Å². The summed E-state index contributed by atoms with van der Waals surface area (Å²) in [6.07, 6.45) is 0.959. The number of carbonyl (C=O) groups excluding carboxylic acids is 1. The number of rotatable bonds is 4. The summed E-state index contributed by atoms with van der Waals surface area (Å²) >= 11 is 2.12. The van der Waals surface area contributed by atoms with Crippen LogP contribution in [0.3, 0.4) is 0 Å². The molecule has 3 heterocycles. The van der Waals surface area contributed by atoms with Crippen molar-refractivity contribution in [1.82, 2.24) is 19.6 Å². The fourth-order valence-electron chi connectivity index (χ4n) is 1.56. The van der Waals surface area contributed by atoms with Crippen molar-refractivity contribution in [2.45, 2.75) is 12.8 Å². The normalized spacial score (nSPS) is 11.3. The van der Waals surface area contributed by atoms with Crippen LogP contribution >= 0.6 is 22.7 Å². The van der Waals surface area contributed by atoms with E-state index in [1.807, 2.05) is 16.0 Å². The molecule has 3 rings (SSSR count). The molecule has 0 saturated carbocycles. The summed E-state index contributed by atoms with van der Waals surface area (Å²) in [5.74, 6) is -0.368. The standard InChI is InChI=1S/C10H7F2N5OS2/c11-7(12)8-15-16-9(20-8)14-6(18)3-5-4-17-1-2-19-10(17)13-5/h1-2,4,7H,3H2,(H,14,16,18). The van der Waals surface area contributed by atoms with Gasteiger partial charge in [0.2, 0.25) is 11.0 Å². The number of thiazole rings is 1. The minimum atomic E-state index is -2.68. The molecule has 1 N–H and O–H groups in total. The third kappa shape index (κ3) is 2.65. The molecule has 0 unspecified atom stereocenters. The monoisotopic (exact) mass is 315 g/mol. The van der Waals surface area contributed by atoms with Gasteiger partial charge in [0.05, 0.1) is 12.1 Å². The summed E-state index contributed by atoms with van der Waals surface area (Å²) in [6, 6.07) is 0. The van der Waals surface area contributed by atoms with Crippen LogP contribution in [-0.2, 0) is 11.2 Å². The van der Waals surface area contributed by atoms with E-state index in [1.54, 1.807) is 6.20 Å². The van der Waals surface area contributed by atoms with Crippen molar-refractivity contribution in [3.05, 3.63) is 28.5 Å². The maximum atomic E-state index is 12.3. The van der Waals surface area contributed by atoms with Gasteiger partial charge in [0.25, 0.3) is 6.43 Å². The Balaban J connectivity index is 1.65. The van der Waals surface area contributed by atoms with Crippen molar-refractivity contribution in [1.29, 1.82) is 0 Å². The average molecular weight is 315 g/mol. The Morgan fingerprint density at radius 2 is 2.30 bits per heavy atom. The largest absolute Gasteiger partial charge is 0.300 e. The number of nitrogens with zero attached hydrogens (tertiary/aromatic N) is 4. The van der Waals surface area contributed by atoms with Crippen molar-refractivity contribution in [2.75, 3.05) is 5.32 Å². The first kappa shape index (κ1) is 13.1. The number of carbonyl (C=O) groups is 1. The number of hydrogen-bond donors (Lipinski definition) is 1. The van der Waals surface area contributed by atoms with Crippen LogP contribution in [0.25, 0.3) is 4.96 Å². The van der Waals surface area contributed by atoms with Crippen molar-refractivity contribution in [3.8, 4) is 0 Å². The number of fused-ring (bicyclic) bond motifs is 1. The highest BCUT2D eigenvalue weighted by molar-refractivity contribution is 7.15. The van der Waals surface area contributed by atoms with Crippen LogP contribution in [0.4, 0.5) is 13.9 Å². The smallest absolute Gasteiger partial charge is 0.291 e. The molecule has 104 valence electrons. The van der Waals surface area contributed by atoms with Crippen LogP contribution in [0.1, 0.15) is 17.1 Å². The molecule has 0 aromatic carbocycles. The van der Waals surface area contributed by atoms with Crippen LogP contribution in [-0.4, -0.2) is 25.5 Å². The van der Waals surface area contributed by atoms with E-state index in [2.05, 4.69) is 20.5 Å². The first-order valence-electron chi connectivity index (χ1n) is 5.44. The lowest BCUT2D eigenvalue weighted by Crippen LogP contribution is -2.14. The minimum absolute atomic E-state index is 0.0536. The van der Waals surface area contributed by atoms with E-state index in [9.17, 15) is 13.6 Å². The molecular formula is C10H7F2N5OS2. The van der Waals surface area contributed by atoms with E-state index in [-0.39, 0.29) is 17.5 Å². The van der Waals surface area contributed by atoms with Gasteiger partial charge in [-0.3, -0.25) is 9.20 Å². The molecule has 20 heavy (non-hydrogen) atoms. The van der Waals surface area contributed by atoms with Crippen LogP contribution in [0, 0.1) is 0 Å². The van der Waals surface area contributed by atoms with Gasteiger partial charge in [-0.15, -0.1) is 21.5 Å². The van der Waals surface area contributed by atoms with Crippen molar-refractivity contribution < 1.29 is 13.6 Å². The topological polar surface area (TPSA) is 72.2 Å².